The largest absolute Gasteiger partial charge is 0.508 e. The van der Waals surface area contributed by atoms with Crippen molar-refractivity contribution in [2.24, 2.45) is 22.4 Å². The molecule has 18 N–H and O–H groups in total. The van der Waals surface area contributed by atoms with Gasteiger partial charge in [-0.15, -0.1) is 0 Å². The Bertz CT molecular complexity index is 3110. The Morgan fingerprint density at radius 3 is 1.93 bits per heavy atom. The van der Waals surface area contributed by atoms with Crippen molar-refractivity contribution in [3.05, 3.63) is 78.1 Å². The minimum Gasteiger partial charge on any atom is -0.508 e. The van der Waals surface area contributed by atoms with Gasteiger partial charge in [-0.05, 0) is 119 Å². The monoisotopic (exact) mass is 1320 g/mol. The molecule has 518 valence electrons. The molecule has 10 atom stereocenters. The molecule has 0 unspecified atom stereocenters. The summed E-state index contributed by atoms with van der Waals surface area (Å²) in [7, 11) is 0. The second kappa shape index (κ2) is 39.7. The first-order chi connectivity index (χ1) is 45.5. The number of aromatic amines is 1. The summed E-state index contributed by atoms with van der Waals surface area (Å²) < 4.78 is 0. The van der Waals surface area contributed by atoms with E-state index in [4.69, 9.17) is 11.5 Å². The molecule has 32 heteroatoms. The van der Waals surface area contributed by atoms with Crippen molar-refractivity contribution < 1.29 is 63.0 Å². The highest BCUT2D eigenvalue weighted by Crippen LogP contribution is 2.21. The predicted molar refractivity (Wildman–Crippen MR) is 346 cm³/mol. The number of rotatable bonds is 39. The van der Waals surface area contributed by atoms with Crippen molar-refractivity contribution in [1.82, 2.24) is 78.3 Å². The number of hydrogen-bond acceptors (Lipinski definition) is 18. The molecule has 11 amide bonds. The van der Waals surface area contributed by atoms with Crippen LogP contribution in [0.3, 0.4) is 0 Å². The molecule has 0 radical (unpaired) electrons. The number of aromatic hydroxyl groups is 1. The number of carbonyl (C=O) groups excluding carboxylic acids is 11. The van der Waals surface area contributed by atoms with Crippen LogP contribution in [0, 0.1) is 17.4 Å². The number of likely N-dealkylation sites (tertiary alicyclic amines) is 1. The molecule has 1 aromatic carbocycles. The summed E-state index contributed by atoms with van der Waals surface area (Å²) in [5.41, 5.74) is 12.5. The van der Waals surface area contributed by atoms with Gasteiger partial charge in [0.25, 0.3) is 0 Å². The van der Waals surface area contributed by atoms with Gasteiger partial charge in [0.2, 0.25) is 70.9 Å². The number of amides is 11. The van der Waals surface area contributed by atoms with E-state index in [0.29, 0.717) is 49.0 Å². The van der Waals surface area contributed by atoms with Crippen LogP contribution in [-0.2, 0) is 72.0 Å². The molecule has 5 rings (SSSR count). The molecular weight excluding hydrogens is 1230 g/mol. The number of nitriles is 1. The number of unbranched alkanes of at least 4 members (excludes halogenated alkanes) is 3. The number of carbonyl (C=O) groups is 11. The molecule has 0 aliphatic carbocycles. The normalized spacial score (nSPS) is 17.0. The lowest BCUT2D eigenvalue weighted by atomic mass is 10.00. The Morgan fingerprint density at radius 1 is 0.716 bits per heavy atom. The maximum Gasteiger partial charge on any atom is 0.245 e. The number of nitrogens with one attached hydrogen (secondary N) is 12. The topological polar surface area (TPSA) is 494 Å². The standard InChI is InChI=1S/C63H93N19O13/c1-5-6-25-69-63(71-35-65)70-26-10-8-14-43(54(87)77-46(28-37(2)3)56(89)76-45(15-7-9-23-64)62(95)82-27-12-16-51(82)61(94)73-38(4)53(66)86)75-57(90)47(29-39-17-19-42(84)20-18-39)79-60(93)50(34-83)81-58(91)48(30-40-13-11-24-67-32-40)78-59(92)49(31-41-33-68-36-72-41)80-55(88)44-21-22-52(85)74-44/h11,13,17-20,24,32-33,36-38,43-51,83-84H,5-10,12,14-16,21-23,25-31,34,64H2,1-4H3,(H2,66,86)(H,68,72)(H,73,94)(H,74,85)(H,75,90)(H,76,89)(H,77,87)(H,78,92)(H,79,93)(H,80,88)(H,81,91)(H2,69,70,71)/t38-,43-,44+,45+,46+,47+,48+,49+,50+,51+/m1/s1. The Morgan fingerprint density at radius 2 is 1.33 bits per heavy atom. The average Bonchev–Trinajstić information content (AvgIpc) is 2.19. The van der Waals surface area contributed by atoms with Gasteiger partial charge in [-0.25, -0.2) is 4.98 Å². The molecule has 2 aliphatic heterocycles. The molecule has 0 saturated carbocycles. The highest BCUT2D eigenvalue weighted by atomic mass is 16.3. The first-order valence-corrected chi connectivity index (χ1v) is 32.2. The van der Waals surface area contributed by atoms with Gasteiger partial charge in [0.15, 0.2) is 6.19 Å². The van der Waals surface area contributed by atoms with Crippen LogP contribution < -0.4 is 70.0 Å². The molecular formula is C63H93N19O13. The Kier molecular flexibility index (Phi) is 31.7. The number of aliphatic hydroxyl groups is 1. The van der Waals surface area contributed by atoms with Crippen molar-refractivity contribution in [1.29, 1.82) is 5.26 Å². The number of H-pyrrole nitrogens is 1. The minimum atomic E-state index is -1.80. The van der Waals surface area contributed by atoms with E-state index in [0.717, 1.165) is 12.8 Å². The van der Waals surface area contributed by atoms with Gasteiger partial charge >= 0.3 is 0 Å². The van der Waals surface area contributed by atoms with Crippen LogP contribution >= 0.6 is 0 Å². The number of nitrogens with two attached hydrogens (primary N) is 2. The molecule has 32 nitrogen and oxygen atoms in total. The van der Waals surface area contributed by atoms with Crippen LogP contribution in [0.4, 0.5) is 0 Å². The molecule has 0 spiro atoms. The lowest BCUT2D eigenvalue weighted by molar-refractivity contribution is -0.142. The fourth-order valence-electron chi connectivity index (χ4n) is 10.6. The highest BCUT2D eigenvalue weighted by molar-refractivity contribution is 5.99. The van der Waals surface area contributed by atoms with Crippen molar-refractivity contribution in [2.45, 2.75) is 191 Å². The summed E-state index contributed by atoms with van der Waals surface area (Å²) in [5.74, 6) is -8.49. The van der Waals surface area contributed by atoms with E-state index in [1.54, 1.807) is 26.0 Å². The number of nitrogens with zero attached hydrogens (tertiary/aromatic N) is 5. The van der Waals surface area contributed by atoms with Gasteiger partial charge in [-0.1, -0.05) is 45.4 Å². The molecule has 2 aromatic heterocycles. The summed E-state index contributed by atoms with van der Waals surface area (Å²) in [6.07, 6.45) is 11.2. The van der Waals surface area contributed by atoms with E-state index in [2.05, 4.69) is 78.4 Å². The van der Waals surface area contributed by atoms with Crippen molar-refractivity contribution in [2.75, 3.05) is 32.8 Å². The summed E-state index contributed by atoms with van der Waals surface area (Å²) in [6, 6.07) is -4.17. The van der Waals surface area contributed by atoms with E-state index in [1.165, 1.54) is 61.0 Å². The van der Waals surface area contributed by atoms with E-state index in [1.807, 2.05) is 13.1 Å². The van der Waals surface area contributed by atoms with Crippen molar-refractivity contribution in [3.8, 4) is 11.9 Å². The van der Waals surface area contributed by atoms with Crippen LogP contribution in [0.1, 0.15) is 128 Å². The predicted octanol–water partition coefficient (Wildman–Crippen LogP) is -2.65. The second-order valence-electron chi connectivity index (χ2n) is 24.0. The first-order valence-electron chi connectivity index (χ1n) is 32.2. The van der Waals surface area contributed by atoms with E-state index >= 15 is 0 Å². The molecule has 2 aliphatic rings. The van der Waals surface area contributed by atoms with Crippen molar-refractivity contribution in [3.63, 3.8) is 0 Å². The molecule has 0 bridgehead atoms. The molecule has 2 fully saturated rings. The number of pyridine rings is 1. The molecule has 3 aromatic rings. The van der Waals surface area contributed by atoms with Gasteiger partial charge in [0.1, 0.15) is 66.2 Å². The van der Waals surface area contributed by atoms with Gasteiger partial charge < -0.3 is 84.7 Å². The first kappa shape index (κ1) is 75.9. The van der Waals surface area contributed by atoms with Crippen LogP contribution in [0.15, 0.2) is 66.3 Å². The summed E-state index contributed by atoms with van der Waals surface area (Å²) in [6.45, 7) is 7.16. The van der Waals surface area contributed by atoms with Crippen molar-refractivity contribution >= 4 is 70.9 Å². The quantitative estimate of drug-likeness (QED) is 0.00912. The number of aliphatic imine (C=N–C) groups is 1. The zero-order valence-electron chi connectivity index (χ0n) is 54.2. The lowest BCUT2D eigenvalue weighted by Crippen LogP contribution is -2.61. The minimum absolute atomic E-state index is 0.0420. The van der Waals surface area contributed by atoms with Gasteiger partial charge in [0.05, 0.1) is 12.9 Å². The van der Waals surface area contributed by atoms with Crippen LogP contribution in [0.5, 0.6) is 5.75 Å². The average molecular weight is 1320 g/mol. The summed E-state index contributed by atoms with van der Waals surface area (Å²) in [5, 5.41) is 59.8. The Labute approximate surface area is 551 Å². The Hall–Kier alpha value is -9.77. The maximum atomic E-state index is 14.9. The number of phenols is 1. The molecule has 4 heterocycles. The van der Waals surface area contributed by atoms with E-state index in [-0.39, 0.29) is 107 Å². The number of aromatic nitrogens is 3. The summed E-state index contributed by atoms with van der Waals surface area (Å²) >= 11 is 0. The number of imidazole rings is 1. The fourth-order valence-corrected chi connectivity index (χ4v) is 10.6. The third kappa shape index (κ3) is 25.6. The second-order valence-corrected chi connectivity index (χ2v) is 24.0. The smallest absolute Gasteiger partial charge is 0.245 e. The number of guanidine groups is 1. The SMILES string of the molecule is CCCCNC(=NCCCC[C@@H](NC(=O)[C@H](Cc1ccc(O)cc1)NC(=O)[C@H](CO)NC(=O)[C@H](Cc1cccnc1)NC(=O)[C@H](Cc1cnc[nH]1)NC(=O)[C@@H]1CCC(=O)N1)C(=O)N[C@@H](CC(C)C)C(=O)N[C@@H](CCCCN)C(=O)N1CCC[C@H]1C(=O)N[C@H](C)C(N)=O)NC#N. The molecule has 95 heavy (non-hydrogen) atoms. The Balaban J connectivity index is 1.43. The molecule has 2 saturated heterocycles. The van der Waals surface area contributed by atoms with Gasteiger partial charge in [-0.3, -0.25) is 68.0 Å². The van der Waals surface area contributed by atoms with E-state index in [9.17, 15) is 68.2 Å². The zero-order chi connectivity index (χ0) is 69.4. The van der Waals surface area contributed by atoms with Gasteiger partial charge in [-0.2, -0.15) is 5.26 Å². The number of benzene rings is 1. The number of primary amides is 1. The number of aliphatic hydroxyl groups excluding tert-OH is 1. The third-order valence-corrected chi connectivity index (χ3v) is 15.9. The van der Waals surface area contributed by atoms with Crippen LogP contribution in [0.25, 0.3) is 0 Å². The highest BCUT2D eigenvalue weighted by Gasteiger charge is 2.40. The zero-order valence-corrected chi connectivity index (χ0v) is 54.2. The van der Waals surface area contributed by atoms with E-state index < -0.39 is 126 Å². The number of hydrogen-bond donors (Lipinski definition) is 16. The maximum absolute atomic E-state index is 14.9. The lowest BCUT2D eigenvalue weighted by Gasteiger charge is -2.31. The van der Waals surface area contributed by atoms with Gasteiger partial charge in [0, 0.05) is 69.6 Å². The summed E-state index contributed by atoms with van der Waals surface area (Å²) in [4.78, 5) is 169. The number of phenolic OH excluding ortho intramolecular Hbond substituents is 1. The third-order valence-electron chi connectivity index (χ3n) is 15.9. The van der Waals surface area contributed by atoms with Crippen LogP contribution in [0.2, 0.25) is 0 Å². The van der Waals surface area contributed by atoms with Crippen LogP contribution in [-0.4, -0.2) is 194 Å². The fraction of sp³-hybridized carbons (Fsp3) is 0.571.